The van der Waals surface area contributed by atoms with E-state index in [1.807, 2.05) is 22.8 Å². The van der Waals surface area contributed by atoms with E-state index in [-0.39, 0.29) is 6.03 Å². The first-order chi connectivity index (χ1) is 11.7. The smallest absolute Gasteiger partial charge is 0.317 e. The number of hydrogen-bond donors (Lipinski definition) is 1. The van der Waals surface area contributed by atoms with Gasteiger partial charge in [-0.3, -0.25) is 4.68 Å². The van der Waals surface area contributed by atoms with Crippen molar-refractivity contribution in [1.29, 1.82) is 0 Å². The maximum absolute atomic E-state index is 12.5. The van der Waals surface area contributed by atoms with Gasteiger partial charge in [-0.1, -0.05) is 32.1 Å². The lowest BCUT2D eigenvalue weighted by molar-refractivity contribution is 0.204. The van der Waals surface area contributed by atoms with Crippen molar-refractivity contribution in [2.45, 2.75) is 57.4 Å². The molecule has 4 rings (SSSR count). The molecule has 1 aliphatic heterocycles. The van der Waals surface area contributed by atoms with Gasteiger partial charge in [0.05, 0.1) is 6.20 Å². The fraction of sp³-hybridized carbons (Fsp3) is 0.789. The van der Waals surface area contributed by atoms with Gasteiger partial charge in [0, 0.05) is 32.4 Å². The zero-order chi connectivity index (χ0) is 16.5. The Morgan fingerprint density at radius 3 is 2.88 bits per heavy atom. The molecule has 24 heavy (non-hydrogen) atoms. The summed E-state index contributed by atoms with van der Waals surface area (Å²) in [5, 5.41) is 7.54. The van der Waals surface area contributed by atoms with Gasteiger partial charge in [0.1, 0.15) is 0 Å². The molecule has 0 bridgehead atoms. The summed E-state index contributed by atoms with van der Waals surface area (Å²) in [4.78, 5) is 14.5. The molecule has 2 aliphatic carbocycles. The molecular weight excluding hydrogens is 300 g/mol. The van der Waals surface area contributed by atoms with Gasteiger partial charge in [-0.2, -0.15) is 5.10 Å². The number of rotatable bonds is 4. The molecular formula is C19H30N4O. The van der Waals surface area contributed by atoms with E-state index in [0.29, 0.717) is 12.0 Å². The lowest BCUT2D eigenvalue weighted by Crippen LogP contribution is -2.40. The van der Waals surface area contributed by atoms with Gasteiger partial charge in [0.2, 0.25) is 0 Å². The Hall–Kier alpha value is -1.52. The topological polar surface area (TPSA) is 50.2 Å². The number of carbonyl (C=O) groups is 1. The number of urea groups is 1. The zero-order valence-corrected chi connectivity index (χ0v) is 14.8. The van der Waals surface area contributed by atoms with E-state index in [1.54, 1.807) is 0 Å². The largest absolute Gasteiger partial charge is 0.335 e. The maximum Gasteiger partial charge on any atom is 0.317 e. The van der Waals surface area contributed by atoms with Crippen LogP contribution >= 0.6 is 0 Å². The number of hydrogen-bond acceptors (Lipinski definition) is 2. The Balaban J connectivity index is 1.21. The highest BCUT2D eigenvalue weighted by Crippen LogP contribution is 2.44. The van der Waals surface area contributed by atoms with Crippen molar-refractivity contribution in [2.75, 3.05) is 13.1 Å². The van der Waals surface area contributed by atoms with E-state index in [1.165, 1.54) is 44.1 Å². The summed E-state index contributed by atoms with van der Waals surface area (Å²) >= 11 is 0. The Morgan fingerprint density at radius 1 is 1.29 bits per heavy atom. The molecule has 2 saturated carbocycles. The Kier molecular flexibility index (Phi) is 4.51. The van der Waals surface area contributed by atoms with E-state index in [4.69, 9.17) is 0 Å². The number of carbonyl (C=O) groups excluding carboxylic acids is 1. The average molecular weight is 330 g/mol. The van der Waals surface area contributed by atoms with Gasteiger partial charge >= 0.3 is 6.03 Å². The fourth-order valence-corrected chi connectivity index (χ4v) is 4.81. The summed E-state index contributed by atoms with van der Waals surface area (Å²) in [6.07, 6.45) is 14.3. The first-order valence-electron chi connectivity index (χ1n) is 9.72. The highest BCUT2D eigenvalue weighted by molar-refractivity contribution is 5.75. The maximum atomic E-state index is 12.5. The van der Waals surface area contributed by atoms with Gasteiger partial charge in [0.15, 0.2) is 0 Å². The number of amides is 2. The standard InChI is InChI=1S/C19H30N4O/c1-22-12-15(11-20-22)9-14-7-8-23(13-14)19(24)21-18-10-17(18)16-5-3-2-4-6-16/h11-12,14,16-18H,2-10,13H2,1H3,(H,21,24)/t14-,17+,18-/m0/s1. The molecule has 2 heterocycles. The third-order valence-corrected chi connectivity index (χ3v) is 6.26. The summed E-state index contributed by atoms with van der Waals surface area (Å²) in [6, 6.07) is 0.630. The van der Waals surface area contributed by atoms with Crippen LogP contribution in [0.2, 0.25) is 0 Å². The summed E-state index contributed by atoms with van der Waals surface area (Å²) in [6.45, 7) is 1.79. The molecule has 3 atom stereocenters. The molecule has 1 saturated heterocycles. The van der Waals surface area contributed by atoms with E-state index in [2.05, 4.69) is 16.6 Å². The minimum atomic E-state index is 0.173. The van der Waals surface area contributed by atoms with Crippen LogP contribution in [-0.2, 0) is 13.5 Å². The quantitative estimate of drug-likeness (QED) is 0.923. The molecule has 132 valence electrons. The van der Waals surface area contributed by atoms with Crippen molar-refractivity contribution >= 4 is 6.03 Å². The zero-order valence-electron chi connectivity index (χ0n) is 14.8. The van der Waals surface area contributed by atoms with E-state index in [0.717, 1.165) is 37.8 Å². The predicted molar refractivity (Wildman–Crippen MR) is 93.6 cm³/mol. The lowest BCUT2D eigenvalue weighted by atomic mass is 9.85. The highest BCUT2D eigenvalue weighted by atomic mass is 16.2. The molecule has 0 radical (unpaired) electrons. The van der Waals surface area contributed by atoms with E-state index < -0.39 is 0 Å². The van der Waals surface area contributed by atoms with Gasteiger partial charge in [-0.25, -0.2) is 4.79 Å². The van der Waals surface area contributed by atoms with Gasteiger partial charge in [-0.15, -0.1) is 0 Å². The predicted octanol–water partition coefficient (Wildman–Crippen LogP) is 2.96. The number of aryl methyl sites for hydroxylation is 1. The van der Waals surface area contributed by atoms with Crippen LogP contribution in [0.3, 0.4) is 0 Å². The number of aromatic nitrogens is 2. The van der Waals surface area contributed by atoms with Crippen molar-refractivity contribution in [3.63, 3.8) is 0 Å². The summed E-state index contributed by atoms with van der Waals surface area (Å²) in [7, 11) is 1.95. The van der Waals surface area contributed by atoms with Crippen LogP contribution in [0.4, 0.5) is 4.79 Å². The monoisotopic (exact) mass is 330 g/mol. The van der Waals surface area contributed by atoms with Crippen LogP contribution in [0.5, 0.6) is 0 Å². The molecule has 1 aromatic heterocycles. The molecule has 1 aromatic rings. The number of nitrogens with zero attached hydrogens (tertiary/aromatic N) is 3. The Bertz CT molecular complexity index is 578. The molecule has 5 heteroatoms. The molecule has 0 unspecified atom stereocenters. The van der Waals surface area contributed by atoms with Crippen molar-refractivity contribution in [2.24, 2.45) is 24.8 Å². The molecule has 5 nitrogen and oxygen atoms in total. The molecule has 0 spiro atoms. The van der Waals surface area contributed by atoms with Gasteiger partial charge < -0.3 is 10.2 Å². The third-order valence-electron chi connectivity index (χ3n) is 6.26. The van der Waals surface area contributed by atoms with Crippen LogP contribution in [0.1, 0.15) is 50.5 Å². The highest BCUT2D eigenvalue weighted by Gasteiger charge is 2.44. The van der Waals surface area contributed by atoms with Crippen molar-refractivity contribution in [1.82, 2.24) is 20.0 Å². The fourth-order valence-electron chi connectivity index (χ4n) is 4.81. The lowest BCUT2D eigenvalue weighted by Gasteiger charge is -2.22. The Morgan fingerprint density at radius 2 is 2.12 bits per heavy atom. The molecule has 3 fully saturated rings. The number of likely N-dealkylation sites (tertiary alicyclic amines) is 1. The summed E-state index contributed by atoms with van der Waals surface area (Å²) in [5.74, 6) is 2.22. The molecule has 1 N–H and O–H groups in total. The van der Waals surface area contributed by atoms with Crippen LogP contribution in [0.15, 0.2) is 12.4 Å². The second-order valence-corrected chi connectivity index (χ2v) is 8.18. The van der Waals surface area contributed by atoms with Crippen molar-refractivity contribution < 1.29 is 4.79 Å². The molecule has 3 aliphatic rings. The minimum Gasteiger partial charge on any atom is -0.335 e. The van der Waals surface area contributed by atoms with Crippen LogP contribution in [0.25, 0.3) is 0 Å². The van der Waals surface area contributed by atoms with Crippen LogP contribution in [-0.4, -0.2) is 39.8 Å². The molecule has 0 aromatic carbocycles. The van der Waals surface area contributed by atoms with Crippen molar-refractivity contribution in [3.8, 4) is 0 Å². The van der Waals surface area contributed by atoms with Crippen LogP contribution in [0, 0.1) is 17.8 Å². The number of nitrogens with one attached hydrogen (secondary N) is 1. The van der Waals surface area contributed by atoms with E-state index >= 15 is 0 Å². The average Bonchev–Trinajstić information content (AvgIpc) is 2.99. The minimum absolute atomic E-state index is 0.173. The van der Waals surface area contributed by atoms with Gasteiger partial charge in [-0.05, 0) is 42.6 Å². The second kappa shape index (κ2) is 6.77. The first-order valence-corrected chi connectivity index (χ1v) is 9.72. The SMILES string of the molecule is Cn1cc(C[C@@H]2CCN(C(=O)N[C@H]3C[C@@H]3C3CCCCC3)C2)cn1. The third kappa shape index (κ3) is 3.60. The first kappa shape index (κ1) is 16.0. The second-order valence-electron chi connectivity index (χ2n) is 8.18. The van der Waals surface area contributed by atoms with Gasteiger partial charge in [0.25, 0.3) is 0 Å². The summed E-state index contributed by atoms with van der Waals surface area (Å²) < 4.78 is 1.85. The Labute approximate surface area is 144 Å². The van der Waals surface area contributed by atoms with Crippen LogP contribution < -0.4 is 5.32 Å². The summed E-state index contributed by atoms with van der Waals surface area (Å²) in [5.41, 5.74) is 1.28. The van der Waals surface area contributed by atoms with Crippen molar-refractivity contribution in [3.05, 3.63) is 18.0 Å². The normalized spacial score (nSPS) is 30.5. The van der Waals surface area contributed by atoms with E-state index in [9.17, 15) is 4.79 Å². The molecule has 2 amide bonds.